The summed E-state index contributed by atoms with van der Waals surface area (Å²) >= 11 is 0. The lowest BCUT2D eigenvalue weighted by Crippen LogP contribution is -2.30. The standard InChI is InChI=1S/C18H20N2O4/c1-13-5-3-4-6-15(13)9-10-19-18(21)12-24-16-7-8-17(20(22)23)14(2)11-16/h3-8,11H,9-10,12H2,1-2H3,(H,19,21). The molecule has 0 spiro atoms. The number of ether oxygens (including phenoxy) is 1. The minimum atomic E-state index is -0.447. The molecule has 2 rings (SSSR count). The number of hydrogen-bond donors (Lipinski definition) is 1. The molecule has 0 aliphatic carbocycles. The molecule has 0 aliphatic rings. The van der Waals surface area contributed by atoms with Crippen molar-refractivity contribution in [1.29, 1.82) is 0 Å². The van der Waals surface area contributed by atoms with Crippen molar-refractivity contribution in [3.05, 3.63) is 69.3 Å². The van der Waals surface area contributed by atoms with Gasteiger partial charge < -0.3 is 10.1 Å². The smallest absolute Gasteiger partial charge is 0.272 e. The number of benzene rings is 2. The summed E-state index contributed by atoms with van der Waals surface area (Å²) in [5.74, 6) is 0.215. The molecule has 0 fully saturated rings. The van der Waals surface area contributed by atoms with Gasteiger partial charge in [-0.25, -0.2) is 0 Å². The fourth-order valence-electron chi connectivity index (χ4n) is 2.35. The number of carbonyl (C=O) groups is 1. The zero-order valence-electron chi connectivity index (χ0n) is 13.7. The van der Waals surface area contributed by atoms with Crippen molar-refractivity contribution in [3.8, 4) is 5.75 Å². The van der Waals surface area contributed by atoms with Crippen molar-refractivity contribution in [3.63, 3.8) is 0 Å². The summed E-state index contributed by atoms with van der Waals surface area (Å²) < 4.78 is 5.38. The lowest BCUT2D eigenvalue weighted by atomic mass is 10.1. The number of nitrogens with one attached hydrogen (secondary N) is 1. The van der Waals surface area contributed by atoms with E-state index in [1.54, 1.807) is 13.0 Å². The Balaban J connectivity index is 1.78. The van der Waals surface area contributed by atoms with Gasteiger partial charge in [-0.15, -0.1) is 0 Å². The Hall–Kier alpha value is -2.89. The molecule has 0 bridgehead atoms. The van der Waals surface area contributed by atoms with Crippen LogP contribution in [0.25, 0.3) is 0 Å². The molecule has 0 saturated heterocycles. The number of amides is 1. The lowest BCUT2D eigenvalue weighted by molar-refractivity contribution is -0.385. The largest absolute Gasteiger partial charge is 0.484 e. The van der Waals surface area contributed by atoms with Crippen LogP contribution < -0.4 is 10.1 Å². The highest BCUT2D eigenvalue weighted by atomic mass is 16.6. The van der Waals surface area contributed by atoms with Crippen molar-refractivity contribution in [2.45, 2.75) is 20.3 Å². The number of nitrogens with zero attached hydrogens (tertiary/aromatic N) is 1. The summed E-state index contributed by atoms with van der Waals surface area (Å²) in [7, 11) is 0. The lowest BCUT2D eigenvalue weighted by Gasteiger charge is -2.09. The predicted molar refractivity (Wildman–Crippen MR) is 91.2 cm³/mol. The van der Waals surface area contributed by atoms with Gasteiger partial charge >= 0.3 is 0 Å². The molecule has 24 heavy (non-hydrogen) atoms. The summed E-state index contributed by atoms with van der Waals surface area (Å²) in [6, 6.07) is 12.5. The van der Waals surface area contributed by atoms with Crippen molar-refractivity contribution in [2.24, 2.45) is 0 Å². The van der Waals surface area contributed by atoms with E-state index < -0.39 is 4.92 Å². The molecule has 6 nitrogen and oxygen atoms in total. The first-order valence-electron chi connectivity index (χ1n) is 7.66. The summed E-state index contributed by atoms with van der Waals surface area (Å²) in [5.41, 5.74) is 2.93. The molecule has 0 aliphatic heterocycles. The molecular weight excluding hydrogens is 308 g/mol. The number of carbonyl (C=O) groups excluding carboxylic acids is 1. The molecular formula is C18H20N2O4. The van der Waals surface area contributed by atoms with Gasteiger partial charge in [0.2, 0.25) is 0 Å². The SMILES string of the molecule is Cc1ccccc1CCNC(=O)COc1ccc([N+](=O)[O-])c(C)c1. The third-order valence-corrected chi connectivity index (χ3v) is 3.71. The topological polar surface area (TPSA) is 81.5 Å². The Bertz CT molecular complexity index is 744. The maximum Gasteiger partial charge on any atom is 0.272 e. The average Bonchev–Trinajstić information content (AvgIpc) is 2.54. The van der Waals surface area contributed by atoms with Crippen LogP contribution >= 0.6 is 0 Å². The van der Waals surface area contributed by atoms with E-state index in [2.05, 4.69) is 5.32 Å². The molecule has 2 aromatic rings. The highest BCUT2D eigenvalue weighted by Gasteiger charge is 2.11. The monoisotopic (exact) mass is 328 g/mol. The fourth-order valence-corrected chi connectivity index (χ4v) is 2.35. The Morgan fingerprint density at radius 3 is 2.58 bits per heavy atom. The Morgan fingerprint density at radius 2 is 1.92 bits per heavy atom. The molecule has 6 heteroatoms. The van der Waals surface area contributed by atoms with Gasteiger partial charge in [-0.1, -0.05) is 24.3 Å². The Kier molecular flexibility index (Phi) is 5.89. The normalized spacial score (nSPS) is 10.2. The second kappa shape index (κ2) is 8.10. The van der Waals surface area contributed by atoms with Gasteiger partial charge in [-0.05, 0) is 43.5 Å². The van der Waals surface area contributed by atoms with Crippen LogP contribution in [0, 0.1) is 24.0 Å². The molecule has 0 heterocycles. The molecule has 2 aromatic carbocycles. The second-order valence-corrected chi connectivity index (χ2v) is 5.52. The maximum atomic E-state index is 11.8. The molecule has 0 atom stereocenters. The van der Waals surface area contributed by atoms with Crippen LogP contribution in [0.15, 0.2) is 42.5 Å². The van der Waals surface area contributed by atoms with Crippen molar-refractivity contribution in [2.75, 3.05) is 13.2 Å². The van der Waals surface area contributed by atoms with Gasteiger partial charge in [0, 0.05) is 18.2 Å². The molecule has 1 amide bonds. The van der Waals surface area contributed by atoms with Crippen LogP contribution in [0.5, 0.6) is 5.75 Å². The van der Waals surface area contributed by atoms with Crippen LogP contribution in [0.3, 0.4) is 0 Å². The molecule has 0 radical (unpaired) electrons. The maximum absolute atomic E-state index is 11.8. The zero-order chi connectivity index (χ0) is 17.5. The summed E-state index contributed by atoms with van der Waals surface area (Å²) in [6.07, 6.45) is 0.759. The van der Waals surface area contributed by atoms with Crippen molar-refractivity contribution in [1.82, 2.24) is 5.32 Å². The van der Waals surface area contributed by atoms with Crippen LogP contribution in [-0.4, -0.2) is 24.0 Å². The average molecular weight is 328 g/mol. The highest BCUT2D eigenvalue weighted by Crippen LogP contribution is 2.22. The van der Waals surface area contributed by atoms with Gasteiger partial charge in [0.05, 0.1) is 4.92 Å². The third-order valence-electron chi connectivity index (χ3n) is 3.71. The molecule has 1 N–H and O–H groups in total. The van der Waals surface area contributed by atoms with E-state index in [9.17, 15) is 14.9 Å². The van der Waals surface area contributed by atoms with E-state index in [1.165, 1.54) is 23.3 Å². The Morgan fingerprint density at radius 1 is 1.17 bits per heavy atom. The molecule has 0 saturated carbocycles. The highest BCUT2D eigenvalue weighted by molar-refractivity contribution is 5.77. The second-order valence-electron chi connectivity index (χ2n) is 5.52. The number of nitro groups is 1. The number of nitro benzene ring substituents is 1. The van der Waals surface area contributed by atoms with Gasteiger partial charge in [-0.3, -0.25) is 14.9 Å². The Labute approximate surface area is 140 Å². The van der Waals surface area contributed by atoms with Gasteiger partial charge in [0.15, 0.2) is 6.61 Å². The van der Waals surface area contributed by atoms with Gasteiger partial charge in [-0.2, -0.15) is 0 Å². The van der Waals surface area contributed by atoms with Crippen LogP contribution in [0.4, 0.5) is 5.69 Å². The van der Waals surface area contributed by atoms with E-state index in [-0.39, 0.29) is 18.2 Å². The van der Waals surface area contributed by atoms with Gasteiger partial charge in [0.1, 0.15) is 5.75 Å². The van der Waals surface area contributed by atoms with Crippen molar-refractivity contribution >= 4 is 11.6 Å². The zero-order valence-corrected chi connectivity index (χ0v) is 13.7. The van der Waals surface area contributed by atoms with Gasteiger partial charge in [0.25, 0.3) is 11.6 Å². The first kappa shape index (κ1) is 17.5. The van der Waals surface area contributed by atoms with Crippen LogP contribution in [-0.2, 0) is 11.2 Å². The van der Waals surface area contributed by atoms with Crippen LogP contribution in [0.2, 0.25) is 0 Å². The van der Waals surface area contributed by atoms with E-state index in [0.717, 1.165) is 6.42 Å². The molecule has 126 valence electrons. The fraction of sp³-hybridized carbons (Fsp3) is 0.278. The van der Waals surface area contributed by atoms with E-state index in [4.69, 9.17) is 4.74 Å². The van der Waals surface area contributed by atoms with E-state index in [0.29, 0.717) is 17.9 Å². The third kappa shape index (κ3) is 4.81. The first-order chi connectivity index (χ1) is 11.5. The summed E-state index contributed by atoms with van der Waals surface area (Å²) in [5, 5.41) is 13.6. The van der Waals surface area contributed by atoms with E-state index in [1.807, 2.05) is 31.2 Å². The van der Waals surface area contributed by atoms with Crippen LogP contribution in [0.1, 0.15) is 16.7 Å². The number of aryl methyl sites for hydroxylation is 2. The summed E-state index contributed by atoms with van der Waals surface area (Å²) in [4.78, 5) is 22.1. The minimum absolute atomic E-state index is 0.0324. The minimum Gasteiger partial charge on any atom is -0.484 e. The molecule has 0 unspecified atom stereocenters. The number of rotatable bonds is 7. The summed E-state index contributed by atoms with van der Waals surface area (Å²) in [6.45, 7) is 4.09. The molecule has 0 aromatic heterocycles. The quantitative estimate of drug-likeness (QED) is 0.626. The predicted octanol–water partition coefficient (Wildman–Crippen LogP) is 2.95. The first-order valence-corrected chi connectivity index (χ1v) is 7.66. The number of hydrogen-bond acceptors (Lipinski definition) is 4. The van der Waals surface area contributed by atoms with E-state index >= 15 is 0 Å². The van der Waals surface area contributed by atoms with Crippen molar-refractivity contribution < 1.29 is 14.5 Å².